The summed E-state index contributed by atoms with van der Waals surface area (Å²) in [4.78, 5) is 29.0. The highest BCUT2D eigenvalue weighted by Gasteiger charge is 2.21. The van der Waals surface area contributed by atoms with Gasteiger partial charge in [-0.15, -0.1) is 0 Å². The van der Waals surface area contributed by atoms with Crippen molar-refractivity contribution in [2.24, 2.45) is 0 Å². The number of carbonyl (C=O) groups excluding carboxylic acids is 2. The number of hydrogen-bond donors (Lipinski definition) is 2. The van der Waals surface area contributed by atoms with Crippen LogP contribution in [0.4, 0.5) is 11.5 Å². The SMILES string of the molecule is O=CNCCCNC(=O)c1cccc(N2CCc3ccccc32)n1. The number of para-hydroxylation sites is 1. The van der Waals surface area contributed by atoms with E-state index in [9.17, 15) is 9.59 Å². The van der Waals surface area contributed by atoms with Crippen molar-refractivity contribution >= 4 is 23.8 Å². The number of nitrogens with one attached hydrogen (secondary N) is 2. The van der Waals surface area contributed by atoms with Gasteiger partial charge in [0.1, 0.15) is 11.5 Å². The minimum atomic E-state index is -0.199. The molecule has 6 nitrogen and oxygen atoms in total. The fourth-order valence-electron chi connectivity index (χ4n) is 2.82. The third kappa shape index (κ3) is 3.53. The molecule has 6 heteroatoms. The molecule has 0 fully saturated rings. The van der Waals surface area contributed by atoms with Crippen LogP contribution < -0.4 is 15.5 Å². The Morgan fingerprint density at radius 3 is 2.92 bits per heavy atom. The Kier molecular flexibility index (Phi) is 5.05. The van der Waals surface area contributed by atoms with Crippen molar-refractivity contribution in [3.8, 4) is 0 Å². The van der Waals surface area contributed by atoms with Crippen LogP contribution in [0.3, 0.4) is 0 Å². The van der Waals surface area contributed by atoms with Crippen LogP contribution in [-0.4, -0.2) is 36.9 Å². The van der Waals surface area contributed by atoms with Crippen molar-refractivity contribution in [2.45, 2.75) is 12.8 Å². The van der Waals surface area contributed by atoms with Gasteiger partial charge in [0.15, 0.2) is 0 Å². The summed E-state index contributed by atoms with van der Waals surface area (Å²) >= 11 is 0. The normalized spacial score (nSPS) is 12.6. The molecule has 0 aliphatic carbocycles. The molecular formula is C18H20N4O2. The van der Waals surface area contributed by atoms with Gasteiger partial charge in [0, 0.05) is 25.3 Å². The molecule has 1 aliphatic rings. The van der Waals surface area contributed by atoms with Crippen LogP contribution in [0.1, 0.15) is 22.5 Å². The second-order valence-corrected chi connectivity index (χ2v) is 5.59. The number of hydrogen-bond acceptors (Lipinski definition) is 4. The Balaban J connectivity index is 1.67. The summed E-state index contributed by atoms with van der Waals surface area (Å²) in [5.74, 6) is 0.589. The Bertz CT molecular complexity index is 732. The molecule has 2 aromatic rings. The molecule has 2 N–H and O–H groups in total. The van der Waals surface area contributed by atoms with Gasteiger partial charge in [-0.2, -0.15) is 0 Å². The number of nitrogens with zero attached hydrogens (tertiary/aromatic N) is 2. The first-order valence-corrected chi connectivity index (χ1v) is 8.07. The molecule has 1 aromatic carbocycles. The number of carbonyl (C=O) groups is 2. The van der Waals surface area contributed by atoms with E-state index in [4.69, 9.17) is 0 Å². The van der Waals surface area contributed by atoms with Crippen molar-refractivity contribution in [1.29, 1.82) is 0 Å². The van der Waals surface area contributed by atoms with Gasteiger partial charge in [0.25, 0.3) is 5.91 Å². The predicted octanol–water partition coefficient (Wildman–Crippen LogP) is 1.64. The van der Waals surface area contributed by atoms with E-state index >= 15 is 0 Å². The maximum atomic E-state index is 12.2. The van der Waals surface area contributed by atoms with Gasteiger partial charge in [0.05, 0.1) is 0 Å². The fourth-order valence-corrected chi connectivity index (χ4v) is 2.82. The van der Waals surface area contributed by atoms with Gasteiger partial charge in [-0.25, -0.2) is 4.98 Å². The van der Waals surface area contributed by atoms with E-state index in [0.29, 0.717) is 31.6 Å². The van der Waals surface area contributed by atoms with E-state index < -0.39 is 0 Å². The summed E-state index contributed by atoms with van der Waals surface area (Å²) in [6.45, 7) is 1.91. The minimum Gasteiger partial charge on any atom is -0.359 e. The van der Waals surface area contributed by atoms with Crippen molar-refractivity contribution in [2.75, 3.05) is 24.5 Å². The van der Waals surface area contributed by atoms with Gasteiger partial charge < -0.3 is 15.5 Å². The minimum absolute atomic E-state index is 0.199. The Labute approximate surface area is 140 Å². The molecule has 3 rings (SSSR count). The summed E-state index contributed by atoms with van der Waals surface area (Å²) in [5, 5.41) is 5.38. The molecule has 24 heavy (non-hydrogen) atoms. The third-order valence-corrected chi connectivity index (χ3v) is 4.00. The standard InChI is InChI=1S/C18H20N4O2/c23-13-19-10-4-11-20-18(24)15-6-3-8-17(21-15)22-12-9-14-5-1-2-7-16(14)22/h1-3,5-8,13H,4,9-12H2,(H,19,23)(H,20,24). The van der Waals surface area contributed by atoms with Gasteiger partial charge in [-0.3, -0.25) is 9.59 Å². The van der Waals surface area contributed by atoms with Crippen LogP contribution >= 0.6 is 0 Å². The molecule has 0 bridgehead atoms. The first-order valence-electron chi connectivity index (χ1n) is 8.07. The number of rotatable bonds is 7. The topological polar surface area (TPSA) is 74.3 Å². The smallest absolute Gasteiger partial charge is 0.269 e. The van der Waals surface area contributed by atoms with Crippen molar-refractivity contribution in [3.05, 3.63) is 53.7 Å². The highest BCUT2D eigenvalue weighted by atomic mass is 16.2. The van der Waals surface area contributed by atoms with E-state index in [-0.39, 0.29) is 5.91 Å². The quantitative estimate of drug-likeness (QED) is 0.600. The maximum absolute atomic E-state index is 12.2. The molecular weight excluding hydrogens is 304 g/mol. The van der Waals surface area contributed by atoms with E-state index in [1.807, 2.05) is 24.3 Å². The van der Waals surface area contributed by atoms with Crippen LogP contribution in [0, 0.1) is 0 Å². The van der Waals surface area contributed by atoms with Gasteiger partial charge in [-0.05, 0) is 36.6 Å². The summed E-state index contributed by atoms with van der Waals surface area (Å²) in [6, 6.07) is 13.7. The summed E-state index contributed by atoms with van der Waals surface area (Å²) < 4.78 is 0. The Morgan fingerprint density at radius 1 is 1.17 bits per heavy atom. The van der Waals surface area contributed by atoms with E-state index in [0.717, 1.165) is 24.5 Å². The average molecular weight is 324 g/mol. The lowest BCUT2D eigenvalue weighted by molar-refractivity contribution is -0.109. The average Bonchev–Trinajstić information content (AvgIpc) is 3.05. The number of aromatic nitrogens is 1. The largest absolute Gasteiger partial charge is 0.359 e. The predicted molar refractivity (Wildman–Crippen MR) is 92.4 cm³/mol. The van der Waals surface area contributed by atoms with Crippen LogP contribution in [0.5, 0.6) is 0 Å². The van der Waals surface area contributed by atoms with Gasteiger partial charge in [0.2, 0.25) is 6.41 Å². The zero-order valence-corrected chi connectivity index (χ0v) is 13.4. The molecule has 124 valence electrons. The summed E-state index contributed by atoms with van der Waals surface area (Å²) in [6.07, 6.45) is 2.32. The van der Waals surface area contributed by atoms with Crippen LogP contribution in [0.15, 0.2) is 42.5 Å². The molecule has 2 heterocycles. The lowest BCUT2D eigenvalue weighted by Crippen LogP contribution is -2.28. The second kappa shape index (κ2) is 7.59. The number of amides is 2. The molecule has 1 aromatic heterocycles. The van der Waals surface area contributed by atoms with Crippen LogP contribution in [-0.2, 0) is 11.2 Å². The summed E-state index contributed by atoms with van der Waals surface area (Å²) in [5.41, 5.74) is 2.86. The zero-order chi connectivity index (χ0) is 16.8. The number of pyridine rings is 1. The van der Waals surface area contributed by atoms with Crippen molar-refractivity contribution < 1.29 is 9.59 Å². The first kappa shape index (κ1) is 16.0. The Morgan fingerprint density at radius 2 is 2.04 bits per heavy atom. The fraction of sp³-hybridized carbons (Fsp3) is 0.278. The highest BCUT2D eigenvalue weighted by molar-refractivity contribution is 5.92. The molecule has 0 radical (unpaired) electrons. The maximum Gasteiger partial charge on any atom is 0.269 e. The molecule has 0 spiro atoms. The molecule has 0 saturated carbocycles. The van der Waals surface area contributed by atoms with Crippen molar-refractivity contribution in [1.82, 2.24) is 15.6 Å². The third-order valence-electron chi connectivity index (χ3n) is 4.00. The second-order valence-electron chi connectivity index (χ2n) is 5.59. The van der Waals surface area contributed by atoms with Crippen LogP contribution in [0.25, 0.3) is 0 Å². The molecule has 2 amide bonds. The molecule has 0 unspecified atom stereocenters. The molecule has 1 aliphatic heterocycles. The zero-order valence-electron chi connectivity index (χ0n) is 13.4. The van der Waals surface area contributed by atoms with E-state index in [2.05, 4.69) is 32.7 Å². The van der Waals surface area contributed by atoms with Gasteiger partial charge in [-0.1, -0.05) is 24.3 Å². The van der Waals surface area contributed by atoms with Crippen LogP contribution in [0.2, 0.25) is 0 Å². The van der Waals surface area contributed by atoms with E-state index in [1.54, 1.807) is 6.07 Å². The lowest BCUT2D eigenvalue weighted by atomic mass is 10.2. The molecule has 0 saturated heterocycles. The van der Waals surface area contributed by atoms with Crippen molar-refractivity contribution in [3.63, 3.8) is 0 Å². The number of benzene rings is 1. The first-order chi connectivity index (χ1) is 11.8. The van der Waals surface area contributed by atoms with Gasteiger partial charge >= 0.3 is 0 Å². The number of anilines is 2. The number of fused-ring (bicyclic) bond motifs is 1. The highest BCUT2D eigenvalue weighted by Crippen LogP contribution is 2.33. The lowest BCUT2D eigenvalue weighted by Gasteiger charge is -2.18. The monoisotopic (exact) mass is 324 g/mol. The van der Waals surface area contributed by atoms with E-state index in [1.165, 1.54) is 5.56 Å². The molecule has 0 atom stereocenters. The summed E-state index contributed by atoms with van der Waals surface area (Å²) in [7, 11) is 0. The Hall–Kier alpha value is -2.89.